The van der Waals surface area contributed by atoms with Gasteiger partial charge in [-0.25, -0.2) is 4.98 Å². The molecule has 0 aliphatic carbocycles. The largest absolute Gasteiger partial charge is 0.467 e. The molecule has 0 radical (unpaired) electrons. The molecule has 3 rings (SSSR count). The number of carbonyl (C=O) groups excluding carboxylic acids is 1. The highest BCUT2D eigenvalue weighted by atomic mass is 32.1. The van der Waals surface area contributed by atoms with Gasteiger partial charge in [0.2, 0.25) is 5.91 Å². The molecule has 0 saturated carbocycles. The van der Waals surface area contributed by atoms with Crippen LogP contribution >= 0.6 is 22.7 Å². The minimum Gasteiger partial charge on any atom is -0.467 e. The second-order valence-corrected chi connectivity index (χ2v) is 6.80. The Bertz CT molecular complexity index is 732. The van der Waals surface area contributed by atoms with Crippen molar-refractivity contribution >= 4 is 28.6 Å². The van der Waals surface area contributed by atoms with Gasteiger partial charge in [-0.3, -0.25) is 4.79 Å². The fourth-order valence-electron chi connectivity index (χ4n) is 2.12. The summed E-state index contributed by atoms with van der Waals surface area (Å²) in [7, 11) is 1.79. The Morgan fingerprint density at radius 1 is 1.36 bits per heavy atom. The number of rotatable bonds is 5. The molecular weight excluding hydrogens is 316 g/mol. The third-order valence-electron chi connectivity index (χ3n) is 3.55. The zero-order valence-electron chi connectivity index (χ0n) is 12.4. The van der Waals surface area contributed by atoms with Gasteiger partial charge in [0.15, 0.2) is 0 Å². The van der Waals surface area contributed by atoms with Crippen molar-refractivity contribution in [2.45, 2.75) is 19.4 Å². The normalized spacial score (nSPS) is 12.3. The molecule has 0 aliphatic rings. The quantitative estimate of drug-likeness (QED) is 0.702. The molecule has 0 aromatic carbocycles. The molecular formula is C16H16N2O2S2. The summed E-state index contributed by atoms with van der Waals surface area (Å²) >= 11 is 3.24. The van der Waals surface area contributed by atoms with E-state index in [-0.39, 0.29) is 11.9 Å². The van der Waals surface area contributed by atoms with Crippen LogP contribution in [0.5, 0.6) is 0 Å². The number of nitrogens with zero attached hydrogens (tertiary/aromatic N) is 2. The minimum absolute atomic E-state index is 0.0342. The maximum atomic E-state index is 12.4. The molecule has 114 valence electrons. The topological polar surface area (TPSA) is 46.3 Å². The standard InChI is InChI=1S/C16H16N2O2S2/c1-11(13-5-3-7-20-13)18(2)15(19)9-12-10-22-16(17-12)14-6-4-8-21-14/h3-8,10-11H,9H2,1-2H3. The van der Waals surface area contributed by atoms with E-state index in [2.05, 4.69) is 4.98 Å². The molecule has 0 spiro atoms. The third kappa shape index (κ3) is 3.13. The van der Waals surface area contributed by atoms with Crippen LogP contribution in [-0.4, -0.2) is 22.8 Å². The van der Waals surface area contributed by atoms with Gasteiger partial charge in [0.25, 0.3) is 0 Å². The van der Waals surface area contributed by atoms with Gasteiger partial charge in [-0.05, 0) is 30.5 Å². The molecule has 3 heterocycles. The first-order chi connectivity index (χ1) is 10.6. The van der Waals surface area contributed by atoms with E-state index >= 15 is 0 Å². The summed E-state index contributed by atoms with van der Waals surface area (Å²) < 4.78 is 5.36. The van der Waals surface area contributed by atoms with Gasteiger partial charge < -0.3 is 9.32 Å². The van der Waals surface area contributed by atoms with Gasteiger partial charge in [-0.2, -0.15) is 0 Å². The van der Waals surface area contributed by atoms with Crippen LogP contribution in [-0.2, 0) is 11.2 Å². The smallest absolute Gasteiger partial charge is 0.228 e. The van der Waals surface area contributed by atoms with E-state index < -0.39 is 0 Å². The molecule has 1 amide bonds. The monoisotopic (exact) mass is 332 g/mol. The van der Waals surface area contributed by atoms with Gasteiger partial charge in [0.1, 0.15) is 10.8 Å². The molecule has 1 atom stereocenters. The Labute approximate surface area is 137 Å². The van der Waals surface area contributed by atoms with Crippen molar-refractivity contribution in [3.05, 3.63) is 52.7 Å². The van der Waals surface area contributed by atoms with Crippen molar-refractivity contribution in [3.8, 4) is 9.88 Å². The first-order valence-corrected chi connectivity index (χ1v) is 8.68. The number of aromatic nitrogens is 1. The molecule has 1 unspecified atom stereocenters. The van der Waals surface area contributed by atoms with E-state index in [1.54, 1.807) is 40.9 Å². The van der Waals surface area contributed by atoms with Gasteiger partial charge in [-0.1, -0.05) is 6.07 Å². The zero-order valence-corrected chi connectivity index (χ0v) is 14.0. The van der Waals surface area contributed by atoms with Crippen molar-refractivity contribution in [1.29, 1.82) is 0 Å². The first kappa shape index (κ1) is 15.0. The molecule has 3 aromatic heterocycles. The number of thiophene rings is 1. The molecule has 0 saturated heterocycles. The average Bonchev–Trinajstić information content (AvgIpc) is 3.25. The number of hydrogen-bond donors (Lipinski definition) is 0. The first-order valence-electron chi connectivity index (χ1n) is 6.92. The van der Waals surface area contributed by atoms with Crippen LogP contribution in [0.1, 0.15) is 24.4 Å². The van der Waals surface area contributed by atoms with Crippen LogP contribution in [0.25, 0.3) is 9.88 Å². The fraction of sp³-hybridized carbons (Fsp3) is 0.250. The third-order valence-corrected chi connectivity index (χ3v) is 5.48. The Morgan fingerprint density at radius 2 is 2.23 bits per heavy atom. The van der Waals surface area contributed by atoms with E-state index in [4.69, 9.17) is 4.42 Å². The van der Waals surface area contributed by atoms with Gasteiger partial charge in [0.05, 0.1) is 29.3 Å². The van der Waals surface area contributed by atoms with Crippen LogP contribution < -0.4 is 0 Å². The summed E-state index contributed by atoms with van der Waals surface area (Å²) in [6, 6.07) is 7.67. The predicted octanol–water partition coefficient (Wildman–Crippen LogP) is 4.23. The second kappa shape index (κ2) is 6.46. The van der Waals surface area contributed by atoms with E-state index in [9.17, 15) is 4.79 Å². The summed E-state index contributed by atoms with van der Waals surface area (Å²) in [5, 5.41) is 4.96. The molecule has 4 nitrogen and oxygen atoms in total. The Morgan fingerprint density at radius 3 is 2.91 bits per heavy atom. The zero-order chi connectivity index (χ0) is 15.5. The summed E-state index contributed by atoms with van der Waals surface area (Å²) in [5.74, 6) is 0.820. The molecule has 22 heavy (non-hydrogen) atoms. The fourth-order valence-corrected chi connectivity index (χ4v) is 3.75. The number of carbonyl (C=O) groups is 1. The average molecular weight is 332 g/mol. The summed E-state index contributed by atoms with van der Waals surface area (Å²) in [4.78, 5) is 19.8. The van der Waals surface area contributed by atoms with Crippen LogP contribution in [0.15, 0.2) is 45.7 Å². The van der Waals surface area contributed by atoms with Crippen LogP contribution in [0.2, 0.25) is 0 Å². The van der Waals surface area contributed by atoms with Gasteiger partial charge in [0, 0.05) is 12.4 Å². The van der Waals surface area contributed by atoms with Crippen LogP contribution in [0, 0.1) is 0 Å². The molecule has 0 bridgehead atoms. The molecule has 6 heteroatoms. The van der Waals surface area contributed by atoms with Crippen molar-refractivity contribution in [1.82, 2.24) is 9.88 Å². The SMILES string of the molecule is CC(c1ccco1)N(C)C(=O)Cc1csc(-c2cccs2)n1. The Balaban J connectivity index is 1.66. The Kier molecular flexibility index (Phi) is 4.40. The second-order valence-electron chi connectivity index (χ2n) is 4.99. The summed E-state index contributed by atoms with van der Waals surface area (Å²) in [5.41, 5.74) is 0.817. The van der Waals surface area contributed by atoms with Crippen molar-refractivity contribution < 1.29 is 9.21 Å². The Hall–Kier alpha value is -1.92. The number of likely N-dealkylation sites (N-methyl/N-ethyl adjacent to an activating group) is 1. The molecule has 0 aliphatic heterocycles. The highest BCUT2D eigenvalue weighted by molar-refractivity contribution is 7.20. The molecule has 3 aromatic rings. The highest BCUT2D eigenvalue weighted by Gasteiger charge is 2.20. The number of furan rings is 1. The lowest BCUT2D eigenvalue weighted by Gasteiger charge is -2.22. The van der Waals surface area contributed by atoms with E-state index in [1.165, 1.54) is 0 Å². The van der Waals surface area contributed by atoms with E-state index in [0.717, 1.165) is 21.3 Å². The van der Waals surface area contributed by atoms with Gasteiger partial charge >= 0.3 is 0 Å². The van der Waals surface area contributed by atoms with Crippen LogP contribution in [0.4, 0.5) is 0 Å². The highest BCUT2D eigenvalue weighted by Crippen LogP contribution is 2.28. The predicted molar refractivity (Wildman–Crippen MR) is 89.0 cm³/mol. The number of amides is 1. The van der Waals surface area contributed by atoms with Crippen molar-refractivity contribution in [2.24, 2.45) is 0 Å². The van der Waals surface area contributed by atoms with E-state index in [1.807, 2.05) is 41.9 Å². The maximum Gasteiger partial charge on any atom is 0.228 e. The number of hydrogen-bond acceptors (Lipinski definition) is 5. The lowest BCUT2D eigenvalue weighted by Crippen LogP contribution is -2.30. The van der Waals surface area contributed by atoms with Crippen LogP contribution in [0.3, 0.4) is 0 Å². The molecule has 0 fully saturated rings. The lowest BCUT2D eigenvalue weighted by molar-refractivity contribution is -0.131. The minimum atomic E-state index is -0.0853. The van der Waals surface area contributed by atoms with Crippen molar-refractivity contribution in [2.75, 3.05) is 7.05 Å². The van der Waals surface area contributed by atoms with Gasteiger partial charge in [-0.15, -0.1) is 22.7 Å². The molecule has 0 N–H and O–H groups in total. The van der Waals surface area contributed by atoms with E-state index in [0.29, 0.717) is 6.42 Å². The summed E-state index contributed by atoms with van der Waals surface area (Å²) in [6.07, 6.45) is 1.93. The lowest BCUT2D eigenvalue weighted by atomic mass is 10.2. The maximum absolute atomic E-state index is 12.4. The number of thiazole rings is 1. The summed E-state index contributed by atoms with van der Waals surface area (Å²) in [6.45, 7) is 1.95. The van der Waals surface area contributed by atoms with Crippen molar-refractivity contribution in [3.63, 3.8) is 0 Å².